The Bertz CT molecular complexity index is 887. The molecule has 0 fully saturated rings. The molecule has 0 saturated carbocycles. The number of benzene rings is 1. The van der Waals surface area contributed by atoms with Gasteiger partial charge in [0.15, 0.2) is 0 Å². The average Bonchev–Trinajstić information content (AvgIpc) is 3.12. The fourth-order valence-corrected chi connectivity index (χ4v) is 3.40. The van der Waals surface area contributed by atoms with Crippen LogP contribution in [0.1, 0.15) is 21.1 Å². The number of furan rings is 1. The summed E-state index contributed by atoms with van der Waals surface area (Å²) in [5.74, 6) is 0.882. The minimum absolute atomic E-state index is 0.248. The number of nitrogens with zero attached hydrogens (tertiary/aromatic N) is 2. The van der Waals surface area contributed by atoms with Gasteiger partial charge in [-0.3, -0.25) is 10.1 Å². The number of alkyl halides is 1. The Morgan fingerprint density at radius 2 is 1.92 bits per heavy atom. The van der Waals surface area contributed by atoms with Crippen molar-refractivity contribution < 1.29 is 9.21 Å². The molecule has 0 spiro atoms. The van der Waals surface area contributed by atoms with Gasteiger partial charge in [-0.2, -0.15) is 0 Å². The van der Waals surface area contributed by atoms with E-state index in [1.54, 1.807) is 31.2 Å². The third kappa shape index (κ3) is 3.72. The maximum absolute atomic E-state index is 12.4. The molecular formula is C15H10Cl3N3O2S. The molecule has 0 aliphatic rings. The molecule has 0 unspecified atom stereocenters. The first kappa shape index (κ1) is 17.2. The predicted molar refractivity (Wildman–Crippen MR) is 96.3 cm³/mol. The van der Waals surface area contributed by atoms with Crippen molar-refractivity contribution >= 4 is 57.2 Å². The number of aryl methyl sites for hydroxylation is 1. The number of hydrogen-bond donors (Lipinski definition) is 1. The van der Waals surface area contributed by atoms with E-state index in [4.69, 9.17) is 39.2 Å². The molecule has 0 radical (unpaired) electrons. The van der Waals surface area contributed by atoms with Gasteiger partial charge in [0.2, 0.25) is 5.13 Å². The Morgan fingerprint density at radius 3 is 2.54 bits per heavy atom. The molecular weight excluding hydrogens is 393 g/mol. The SMILES string of the molecule is Cc1oc(-c2cc(Cl)cc(Cl)c2)cc1C(=O)Nc1nnc(CCl)s1. The van der Waals surface area contributed by atoms with E-state index in [0.29, 0.717) is 42.8 Å². The predicted octanol–water partition coefficient (Wildman–Crippen LogP) is 5.40. The molecule has 0 atom stereocenters. The van der Waals surface area contributed by atoms with Gasteiger partial charge in [0, 0.05) is 15.6 Å². The Labute approximate surface area is 156 Å². The van der Waals surface area contributed by atoms with Crippen molar-refractivity contribution in [1.29, 1.82) is 0 Å². The number of nitrogens with one attached hydrogen (secondary N) is 1. The number of rotatable bonds is 4. The molecule has 5 nitrogen and oxygen atoms in total. The topological polar surface area (TPSA) is 68.0 Å². The van der Waals surface area contributed by atoms with Crippen LogP contribution in [0.4, 0.5) is 5.13 Å². The highest BCUT2D eigenvalue weighted by molar-refractivity contribution is 7.15. The van der Waals surface area contributed by atoms with E-state index < -0.39 is 0 Å². The normalized spacial score (nSPS) is 10.8. The summed E-state index contributed by atoms with van der Waals surface area (Å²) in [6, 6.07) is 6.69. The maximum atomic E-state index is 12.4. The van der Waals surface area contributed by atoms with Crippen LogP contribution in [0.3, 0.4) is 0 Å². The zero-order chi connectivity index (χ0) is 17.3. The van der Waals surface area contributed by atoms with E-state index in [9.17, 15) is 4.79 Å². The number of halogens is 3. The molecule has 24 heavy (non-hydrogen) atoms. The van der Waals surface area contributed by atoms with Crippen molar-refractivity contribution in [3.8, 4) is 11.3 Å². The number of amides is 1. The Balaban J connectivity index is 1.86. The van der Waals surface area contributed by atoms with Crippen LogP contribution < -0.4 is 5.32 Å². The number of carbonyl (C=O) groups excluding carboxylic acids is 1. The Kier molecular flexibility index (Phi) is 5.10. The summed E-state index contributed by atoms with van der Waals surface area (Å²) in [7, 11) is 0. The van der Waals surface area contributed by atoms with Gasteiger partial charge in [-0.1, -0.05) is 34.5 Å². The standard InChI is InChI=1S/C15H10Cl3N3O2S/c1-7-11(14(22)19-15-21-20-13(6-16)24-15)5-12(23-7)8-2-9(17)4-10(18)3-8/h2-5H,6H2,1H3,(H,19,21,22). The van der Waals surface area contributed by atoms with Crippen LogP contribution in [-0.2, 0) is 5.88 Å². The zero-order valence-electron chi connectivity index (χ0n) is 12.3. The van der Waals surface area contributed by atoms with Gasteiger partial charge in [0.1, 0.15) is 16.5 Å². The van der Waals surface area contributed by atoms with Gasteiger partial charge in [-0.15, -0.1) is 21.8 Å². The molecule has 0 aliphatic heterocycles. The van der Waals surface area contributed by atoms with E-state index >= 15 is 0 Å². The van der Waals surface area contributed by atoms with E-state index in [-0.39, 0.29) is 11.8 Å². The van der Waals surface area contributed by atoms with Crippen molar-refractivity contribution in [2.75, 3.05) is 5.32 Å². The highest BCUT2D eigenvalue weighted by Crippen LogP contribution is 2.30. The van der Waals surface area contributed by atoms with E-state index in [1.807, 2.05) is 0 Å². The molecule has 0 aliphatic carbocycles. The van der Waals surface area contributed by atoms with Gasteiger partial charge in [0.25, 0.3) is 5.91 Å². The van der Waals surface area contributed by atoms with E-state index in [1.165, 1.54) is 11.3 Å². The Morgan fingerprint density at radius 1 is 1.21 bits per heavy atom. The third-order valence-electron chi connectivity index (χ3n) is 3.11. The second-order valence-electron chi connectivity index (χ2n) is 4.83. The van der Waals surface area contributed by atoms with E-state index in [2.05, 4.69) is 15.5 Å². The highest BCUT2D eigenvalue weighted by Gasteiger charge is 2.18. The summed E-state index contributed by atoms with van der Waals surface area (Å²) < 4.78 is 5.66. The van der Waals surface area contributed by atoms with Crippen molar-refractivity contribution in [3.05, 3.63) is 50.6 Å². The number of anilines is 1. The molecule has 9 heteroatoms. The molecule has 0 saturated heterocycles. The summed E-state index contributed by atoms with van der Waals surface area (Å²) >= 11 is 18.9. The van der Waals surface area contributed by atoms with Crippen LogP contribution in [0.25, 0.3) is 11.3 Å². The number of carbonyl (C=O) groups is 1. The third-order valence-corrected chi connectivity index (χ3v) is 4.80. The average molecular weight is 403 g/mol. The van der Waals surface area contributed by atoms with Crippen molar-refractivity contribution in [1.82, 2.24) is 10.2 Å². The largest absolute Gasteiger partial charge is 0.461 e. The smallest absolute Gasteiger partial charge is 0.261 e. The maximum Gasteiger partial charge on any atom is 0.261 e. The summed E-state index contributed by atoms with van der Waals surface area (Å²) in [5, 5.41) is 12.4. The minimum Gasteiger partial charge on any atom is -0.461 e. The van der Waals surface area contributed by atoms with Gasteiger partial charge in [0.05, 0.1) is 11.4 Å². The molecule has 3 rings (SSSR count). The van der Waals surface area contributed by atoms with Gasteiger partial charge in [-0.25, -0.2) is 0 Å². The summed E-state index contributed by atoms with van der Waals surface area (Å²) in [6.07, 6.45) is 0. The quantitative estimate of drug-likeness (QED) is 0.593. The molecule has 3 aromatic rings. The van der Waals surface area contributed by atoms with Gasteiger partial charge >= 0.3 is 0 Å². The molecule has 1 N–H and O–H groups in total. The van der Waals surface area contributed by atoms with Crippen LogP contribution >= 0.6 is 46.1 Å². The van der Waals surface area contributed by atoms with Crippen LogP contribution in [0.5, 0.6) is 0 Å². The molecule has 0 bridgehead atoms. The zero-order valence-corrected chi connectivity index (χ0v) is 15.4. The monoisotopic (exact) mass is 401 g/mol. The summed E-state index contributed by atoms with van der Waals surface area (Å²) in [5.41, 5.74) is 1.08. The first-order valence-corrected chi connectivity index (χ1v) is 8.83. The second kappa shape index (κ2) is 7.11. The fraction of sp³-hybridized carbons (Fsp3) is 0.133. The van der Waals surface area contributed by atoms with Crippen LogP contribution in [0.2, 0.25) is 10.0 Å². The lowest BCUT2D eigenvalue weighted by molar-refractivity contribution is 0.102. The molecule has 124 valence electrons. The molecule has 1 aromatic carbocycles. The van der Waals surface area contributed by atoms with E-state index in [0.717, 1.165) is 0 Å². The second-order valence-corrected chi connectivity index (χ2v) is 7.03. The van der Waals surface area contributed by atoms with Crippen LogP contribution in [0, 0.1) is 6.92 Å². The summed E-state index contributed by atoms with van der Waals surface area (Å²) in [6.45, 7) is 1.70. The lowest BCUT2D eigenvalue weighted by Crippen LogP contribution is -2.11. The lowest BCUT2D eigenvalue weighted by Gasteiger charge is -1.99. The van der Waals surface area contributed by atoms with Crippen LogP contribution in [-0.4, -0.2) is 16.1 Å². The van der Waals surface area contributed by atoms with Crippen molar-refractivity contribution in [2.24, 2.45) is 0 Å². The fourth-order valence-electron chi connectivity index (χ4n) is 2.07. The Hall–Kier alpha value is -1.60. The summed E-state index contributed by atoms with van der Waals surface area (Å²) in [4.78, 5) is 12.4. The lowest BCUT2D eigenvalue weighted by atomic mass is 10.1. The first-order valence-electron chi connectivity index (χ1n) is 6.73. The van der Waals surface area contributed by atoms with Gasteiger partial charge < -0.3 is 4.42 Å². The van der Waals surface area contributed by atoms with Gasteiger partial charge in [-0.05, 0) is 31.2 Å². The highest BCUT2D eigenvalue weighted by atomic mass is 35.5. The molecule has 1 amide bonds. The van der Waals surface area contributed by atoms with Crippen molar-refractivity contribution in [2.45, 2.75) is 12.8 Å². The van der Waals surface area contributed by atoms with Crippen LogP contribution in [0.15, 0.2) is 28.7 Å². The van der Waals surface area contributed by atoms with Crippen molar-refractivity contribution in [3.63, 3.8) is 0 Å². The minimum atomic E-state index is -0.340. The number of aromatic nitrogens is 2. The molecule has 2 aromatic heterocycles. The first-order chi connectivity index (χ1) is 11.5. The number of hydrogen-bond acceptors (Lipinski definition) is 5. The molecule has 2 heterocycles.